The van der Waals surface area contributed by atoms with Gasteiger partial charge in [0, 0.05) is 52.7 Å². The summed E-state index contributed by atoms with van der Waals surface area (Å²) in [7, 11) is 0. The maximum atomic E-state index is 10.3. The van der Waals surface area contributed by atoms with E-state index in [1.807, 2.05) is 30.4 Å². The molecule has 60 heavy (non-hydrogen) atoms. The Kier molecular flexibility index (Phi) is 9.38. The maximum absolute atomic E-state index is 10.3. The second-order valence-electron chi connectivity index (χ2n) is 18.9. The van der Waals surface area contributed by atoms with E-state index in [-0.39, 0.29) is 6.04 Å². The zero-order valence-corrected chi connectivity index (χ0v) is 36.3. The van der Waals surface area contributed by atoms with Crippen LogP contribution in [0.2, 0.25) is 0 Å². The van der Waals surface area contributed by atoms with Crippen molar-refractivity contribution in [3.63, 3.8) is 0 Å². The Morgan fingerprint density at radius 2 is 1.53 bits per heavy atom. The van der Waals surface area contributed by atoms with E-state index in [4.69, 9.17) is 4.99 Å². The summed E-state index contributed by atoms with van der Waals surface area (Å²) in [5.74, 6) is 4.42. The number of anilines is 1. The summed E-state index contributed by atoms with van der Waals surface area (Å²) in [6, 6.07) is 35.9. The van der Waals surface area contributed by atoms with E-state index < -0.39 is 0 Å². The van der Waals surface area contributed by atoms with Crippen molar-refractivity contribution in [1.29, 1.82) is 0 Å². The molecule has 2 unspecified atom stereocenters. The molecule has 0 radical (unpaired) electrons. The van der Waals surface area contributed by atoms with Crippen LogP contribution in [-0.2, 0) is 6.42 Å². The second kappa shape index (κ2) is 14.8. The lowest BCUT2D eigenvalue weighted by Crippen LogP contribution is -2.63. The Hall–Kier alpha value is -5.05. The highest BCUT2D eigenvalue weighted by molar-refractivity contribution is 7.15. The number of phenols is 1. The number of aromatic hydroxyl groups is 1. The van der Waals surface area contributed by atoms with Crippen LogP contribution in [0.4, 0.5) is 5.69 Å². The monoisotopic (exact) mass is 812 g/mol. The number of benzene rings is 4. The van der Waals surface area contributed by atoms with Gasteiger partial charge in [0.05, 0.1) is 5.71 Å². The number of phenolic OH excluding ortho intramolecular Hbond substituents is 1. The summed E-state index contributed by atoms with van der Waals surface area (Å²) in [5, 5.41) is 20.4. The largest absolute Gasteiger partial charge is 0.508 e. The maximum Gasteiger partial charge on any atom is 0.162 e. The van der Waals surface area contributed by atoms with Crippen molar-refractivity contribution < 1.29 is 5.11 Å². The van der Waals surface area contributed by atoms with Crippen LogP contribution < -0.4 is 4.90 Å². The fourth-order valence-electron chi connectivity index (χ4n) is 11.9. The summed E-state index contributed by atoms with van der Waals surface area (Å²) in [6.45, 7) is 14.6. The van der Waals surface area contributed by atoms with Gasteiger partial charge in [-0.3, -0.25) is 9.56 Å². The number of hydrogen-bond acceptors (Lipinski definition) is 7. The van der Waals surface area contributed by atoms with Crippen molar-refractivity contribution in [1.82, 2.24) is 19.7 Å². The first-order valence-corrected chi connectivity index (χ1v) is 23.2. The molecule has 7 nitrogen and oxygen atoms in total. The first kappa shape index (κ1) is 37.9. The molecule has 3 aliphatic heterocycles. The van der Waals surface area contributed by atoms with Gasteiger partial charge in [-0.25, -0.2) is 0 Å². The quantitative estimate of drug-likeness (QED) is 0.174. The number of rotatable bonds is 7. The van der Waals surface area contributed by atoms with Gasteiger partial charge in [0.2, 0.25) is 0 Å². The number of aryl methyl sites for hydroxylation is 3. The molecule has 2 aliphatic carbocycles. The third kappa shape index (κ3) is 6.53. The summed E-state index contributed by atoms with van der Waals surface area (Å²) in [6.07, 6.45) is 7.34. The number of fused-ring (bicyclic) bond motifs is 4. The molecule has 11 rings (SSSR count). The van der Waals surface area contributed by atoms with E-state index in [0.717, 1.165) is 36.1 Å². The zero-order chi connectivity index (χ0) is 40.7. The molecule has 5 aliphatic rings. The highest BCUT2D eigenvalue weighted by Gasteiger charge is 2.52. The van der Waals surface area contributed by atoms with Crippen LogP contribution in [0, 0.1) is 32.1 Å². The molecule has 6 aromatic rings. The minimum Gasteiger partial charge on any atom is -0.508 e. The SMILES string of the molecule is Cc1sc2c(c1C)C(c1ccc(N3CC4(CC(CN5CCC(c6ccc(C7c8ccc(O)cc8CCC7c7ccccc7)cc6)CC5)C4)C3)cc1)=N[C@@H](C)c1nnc(C)n1-2. The molecule has 1 spiro atoms. The Labute approximate surface area is 358 Å². The van der Waals surface area contributed by atoms with E-state index in [1.165, 1.54) is 118 Å². The molecule has 3 fully saturated rings. The van der Waals surface area contributed by atoms with Gasteiger partial charge >= 0.3 is 0 Å². The lowest BCUT2D eigenvalue weighted by molar-refractivity contribution is 0.000269. The average molecular weight is 813 g/mol. The molecule has 0 amide bonds. The van der Waals surface area contributed by atoms with Crippen molar-refractivity contribution >= 4 is 22.7 Å². The van der Waals surface area contributed by atoms with E-state index in [1.54, 1.807) is 0 Å². The van der Waals surface area contributed by atoms with Crippen LogP contribution >= 0.6 is 11.3 Å². The summed E-state index contributed by atoms with van der Waals surface area (Å²) in [4.78, 5) is 11.9. The number of hydrogen-bond donors (Lipinski definition) is 1. The molecule has 2 aromatic heterocycles. The smallest absolute Gasteiger partial charge is 0.162 e. The fraction of sp³-hybridized carbons (Fsp3) is 0.404. The number of aliphatic imine (C=N–C) groups is 1. The van der Waals surface area contributed by atoms with Crippen molar-refractivity contribution in [2.75, 3.05) is 37.6 Å². The highest BCUT2D eigenvalue weighted by atomic mass is 32.1. The van der Waals surface area contributed by atoms with E-state index in [0.29, 0.717) is 28.9 Å². The minimum absolute atomic E-state index is 0.0657. The summed E-state index contributed by atoms with van der Waals surface area (Å²) in [5.41, 5.74) is 13.6. The van der Waals surface area contributed by atoms with Crippen LogP contribution in [-0.4, -0.2) is 63.2 Å². The molecule has 3 atom stereocenters. The Balaban J connectivity index is 0.685. The summed E-state index contributed by atoms with van der Waals surface area (Å²) >= 11 is 1.82. The number of thiophene rings is 1. The molecular weight excluding hydrogens is 757 g/mol. The van der Waals surface area contributed by atoms with Crippen LogP contribution in [0.3, 0.4) is 0 Å². The van der Waals surface area contributed by atoms with Crippen LogP contribution in [0.15, 0.2) is 102 Å². The first-order valence-electron chi connectivity index (χ1n) is 22.3. The Morgan fingerprint density at radius 3 is 2.28 bits per heavy atom. The number of piperidine rings is 1. The Bertz CT molecular complexity index is 2570. The van der Waals surface area contributed by atoms with Gasteiger partial charge in [0.15, 0.2) is 5.82 Å². The average Bonchev–Trinajstić information content (AvgIpc) is 3.73. The van der Waals surface area contributed by atoms with Gasteiger partial charge < -0.3 is 14.9 Å². The third-order valence-electron chi connectivity index (χ3n) is 15.0. The van der Waals surface area contributed by atoms with Gasteiger partial charge in [-0.1, -0.05) is 72.8 Å². The Morgan fingerprint density at radius 1 is 0.800 bits per heavy atom. The van der Waals surface area contributed by atoms with Crippen LogP contribution in [0.1, 0.15) is 124 Å². The highest BCUT2D eigenvalue weighted by Crippen LogP contribution is 2.53. The fourth-order valence-corrected chi connectivity index (χ4v) is 13.1. The standard InChI is InChI=1S/C52H56N6OS/c1-32-34(3)60-51-47(32)49(53-33(2)50-55-54-35(4)58(50)51)41-14-17-43(18-15-41)57-30-52(31-57)27-36(28-52)29-56-24-22-38(23-25-56)37-10-12-40(13-11-37)48-45(39-8-6-5-7-9-39)20-16-42-26-44(59)19-21-46(42)48/h5-15,17-19,21,26,33,36,38,45,48,59H,16,20,22-25,27-31H2,1-4H3/t33-,45?,48?/m0/s1. The van der Waals surface area contributed by atoms with Crippen LogP contribution in [0.5, 0.6) is 5.75 Å². The first-order chi connectivity index (χ1) is 29.2. The molecule has 4 aromatic carbocycles. The third-order valence-corrected chi connectivity index (χ3v) is 16.2. The van der Waals surface area contributed by atoms with E-state index in [9.17, 15) is 5.11 Å². The summed E-state index contributed by atoms with van der Waals surface area (Å²) < 4.78 is 2.22. The number of nitrogens with zero attached hydrogens (tertiary/aromatic N) is 6. The molecule has 5 heterocycles. The van der Waals surface area contributed by atoms with E-state index in [2.05, 4.69) is 130 Å². The lowest BCUT2D eigenvalue weighted by Gasteiger charge is -2.60. The van der Waals surface area contributed by atoms with Gasteiger partial charge in [0.25, 0.3) is 0 Å². The molecule has 2 saturated heterocycles. The van der Waals surface area contributed by atoms with Crippen LogP contribution in [0.25, 0.3) is 5.00 Å². The molecule has 1 saturated carbocycles. The normalized spacial score (nSPS) is 22.6. The zero-order valence-electron chi connectivity index (χ0n) is 35.4. The van der Waals surface area contributed by atoms with Gasteiger partial charge in [-0.15, -0.1) is 21.5 Å². The van der Waals surface area contributed by atoms with Gasteiger partial charge in [0.1, 0.15) is 22.6 Å². The van der Waals surface area contributed by atoms with Gasteiger partial charge in [-0.05, 0) is 155 Å². The van der Waals surface area contributed by atoms with Crippen molar-refractivity contribution in [3.8, 4) is 10.8 Å². The predicted molar refractivity (Wildman–Crippen MR) is 244 cm³/mol. The molecule has 0 bridgehead atoms. The second-order valence-corrected chi connectivity index (χ2v) is 20.1. The molecule has 8 heteroatoms. The topological polar surface area (TPSA) is 69.8 Å². The molecular formula is C52H56N6OS. The number of aromatic nitrogens is 3. The molecule has 1 N–H and O–H groups in total. The predicted octanol–water partition coefficient (Wildman–Crippen LogP) is 10.8. The molecule has 306 valence electrons. The van der Waals surface area contributed by atoms with Crippen molar-refractivity contribution in [3.05, 3.63) is 158 Å². The van der Waals surface area contributed by atoms with Crippen molar-refractivity contribution in [2.45, 2.75) is 90.0 Å². The number of likely N-dealkylation sites (tertiary alicyclic amines) is 1. The van der Waals surface area contributed by atoms with Gasteiger partial charge in [-0.2, -0.15) is 0 Å². The van der Waals surface area contributed by atoms with Crippen molar-refractivity contribution in [2.24, 2.45) is 16.3 Å². The lowest BCUT2D eigenvalue weighted by atomic mass is 9.57. The minimum atomic E-state index is -0.0657. The van der Waals surface area contributed by atoms with E-state index >= 15 is 0 Å².